The Labute approximate surface area is 78.9 Å². The highest BCUT2D eigenvalue weighted by Crippen LogP contribution is 2.29. The van der Waals surface area contributed by atoms with E-state index < -0.39 is 6.09 Å². The van der Waals surface area contributed by atoms with Gasteiger partial charge in [0.25, 0.3) is 0 Å². The minimum atomic E-state index is -1.17. The predicted octanol–water partition coefficient (Wildman–Crippen LogP) is 3.08. The number of nitrogens with one attached hydrogen (secondary N) is 1. The summed E-state index contributed by atoms with van der Waals surface area (Å²) in [6, 6.07) is 4.72. The number of benzene rings is 1. The molecule has 0 unspecified atom stereocenters. The monoisotopic (exact) mass is 205 g/mol. The van der Waals surface area contributed by atoms with Crippen LogP contribution in [0, 0.1) is 0 Å². The highest BCUT2D eigenvalue weighted by Gasteiger charge is 2.05. The molecule has 3 nitrogen and oxygen atoms in total. The van der Waals surface area contributed by atoms with E-state index in [1.165, 1.54) is 6.07 Å². The van der Waals surface area contributed by atoms with E-state index in [1.807, 2.05) is 0 Å². The van der Waals surface area contributed by atoms with Crippen LogP contribution in [0.3, 0.4) is 0 Å². The minimum Gasteiger partial charge on any atom is -0.465 e. The molecule has 0 spiro atoms. The zero-order valence-corrected chi connectivity index (χ0v) is 7.36. The molecule has 1 aromatic carbocycles. The van der Waals surface area contributed by atoms with Crippen molar-refractivity contribution in [2.24, 2.45) is 0 Å². The lowest BCUT2D eigenvalue weighted by Crippen LogP contribution is -2.07. The third kappa shape index (κ3) is 2.03. The number of anilines is 1. The Bertz CT molecular complexity index is 314. The first-order valence-corrected chi connectivity index (χ1v) is 3.81. The molecule has 5 heteroatoms. The average molecular weight is 206 g/mol. The Hall–Kier alpha value is -0.930. The summed E-state index contributed by atoms with van der Waals surface area (Å²) in [5, 5.41) is 11.0. The average Bonchev–Trinajstić information content (AvgIpc) is 1.98. The van der Waals surface area contributed by atoms with Crippen LogP contribution in [-0.2, 0) is 0 Å². The molecule has 1 aromatic rings. The minimum absolute atomic E-state index is 0.210. The van der Waals surface area contributed by atoms with Crippen LogP contribution in [0.2, 0.25) is 10.0 Å². The summed E-state index contributed by atoms with van der Waals surface area (Å²) >= 11 is 11.3. The normalized spacial score (nSPS) is 9.50. The Morgan fingerprint density at radius 1 is 1.42 bits per heavy atom. The Morgan fingerprint density at radius 2 is 2.08 bits per heavy atom. The fourth-order valence-corrected chi connectivity index (χ4v) is 1.06. The van der Waals surface area contributed by atoms with Gasteiger partial charge in [-0.25, -0.2) is 4.79 Å². The van der Waals surface area contributed by atoms with E-state index in [0.717, 1.165) is 0 Å². The summed E-state index contributed by atoms with van der Waals surface area (Å²) in [6.45, 7) is 0. The SMILES string of the molecule is O=C(O)Nc1cccc(Cl)c1Cl. The molecule has 0 heterocycles. The van der Waals surface area contributed by atoms with Crippen molar-refractivity contribution < 1.29 is 9.90 Å². The highest BCUT2D eigenvalue weighted by atomic mass is 35.5. The molecule has 0 aliphatic heterocycles. The molecule has 0 atom stereocenters. The number of amides is 1. The van der Waals surface area contributed by atoms with Crippen LogP contribution in [0.1, 0.15) is 0 Å². The Morgan fingerprint density at radius 3 is 2.67 bits per heavy atom. The van der Waals surface area contributed by atoms with Crippen molar-refractivity contribution in [1.82, 2.24) is 0 Å². The zero-order valence-electron chi connectivity index (χ0n) is 5.84. The molecule has 0 aliphatic carbocycles. The topological polar surface area (TPSA) is 49.3 Å². The van der Waals surface area contributed by atoms with Crippen LogP contribution in [-0.4, -0.2) is 11.2 Å². The molecule has 0 bridgehead atoms. The highest BCUT2D eigenvalue weighted by molar-refractivity contribution is 6.43. The summed E-state index contributed by atoms with van der Waals surface area (Å²) in [4.78, 5) is 10.2. The summed E-state index contributed by atoms with van der Waals surface area (Å²) in [7, 11) is 0. The van der Waals surface area contributed by atoms with Crippen LogP contribution >= 0.6 is 23.2 Å². The fourth-order valence-electron chi connectivity index (χ4n) is 0.716. The molecular formula is C7H5Cl2NO2. The van der Waals surface area contributed by atoms with Crippen LogP contribution < -0.4 is 5.32 Å². The lowest BCUT2D eigenvalue weighted by atomic mass is 10.3. The van der Waals surface area contributed by atoms with Gasteiger partial charge in [-0.3, -0.25) is 5.32 Å². The quantitative estimate of drug-likeness (QED) is 0.741. The van der Waals surface area contributed by atoms with Gasteiger partial charge in [0, 0.05) is 0 Å². The van der Waals surface area contributed by atoms with E-state index in [9.17, 15) is 4.79 Å². The first-order chi connectivity index (χ1) is 5.61. The second-order valence-electron chi connectivity index (χ2n) is 2.03. The van der Waals surface area contributed by atoms with Gasteiger partial charge in [-0.1, -0.05) is 29.3 Å². The van der Waals surface area contributed by atoms with Gasteiger partial charge >= 0.3 is 6.09 Å². The van der Waals surface area contributed by atoms with Gasteiger partial charge in [0.05, 0.1) is 15.7 Å². The predicted molar refractivity (Wildman–Crippen MR) is 48.1 cm³/mol. The molecule has 1 amide bonds. The van der Waals surface area contributed by atoms with Crippen molar-refractivity contribution >= 4 is 35.0 Å². The van der Waals surface area contributed by atoms with E-state index >= 15 is 0 Å². The molecule has 0 aromatic heterocycles. The maximum Gasteiger partial charge on any atom is 0.409 e. The van der Waals surface area contributed by atoms with Crippen molar-refractivity contribution in [3.8, 4) is 0 Å². The van der Waals surface area contributed by atoms with E-state index in [2.05, 4.69) is 5.32 Å². The van der Waals surface area contributed by atoms with Crippen LogP contribution in [0.15, 0.2) is 18.2 Å². The Balaban J connectivity index is 3.00. The van der Waals surface area contributed by atoms with E-state index in [4.69, 9.17) is 28.3 Å². The van der Waals surface area contributed by atoms with E-state index in [-0.39, 0.29) is 10.7 Å². The van der Waals surface area contributed by atoms with Gasteiger partial charge in [-0.15, -0.1) is 0 Å². The van der Waals surface area contributed by atoms with Crippen LogP contribution in [0.4, 0.5) is 10.5 Å². The van der Waals surface area contributed by atoms with Gasteiger partial charge < -0.3 is 5.11 Å². The molecule has 1 rings (SSSR count). The smallest absolute Gasteiger partial charge is 0.409 e. The van der Waals surface area contributed by atoms with Crippen LogP contribution in [0.25, 0.3) is 0 Å². The summed E-state index contributed by atoms with van der Waals surface area (Å²) in [5.74, 6) is 0. The largest absolute Gasteiger partial charge is 0.465 e. The maximum absolute atomic E-state index is 10.2. The molecule has 0 aliphatic rings. The summed E-state index contributed by atoms with van der Waals surface area (Å²) in [6.07, 6.45) is -1.17. The molecule has 64 valence electrons. The van der Waals surface area contributed by atoms with Crippen LogP contribution in [0.5, 0.6) is 0 Å². The number of rotatable bonds is 1. The lowest BCUT2D eigenvalue weighted by molar-refractivity contribution is 0.210. The van der Waals surface area contributed by atoms with Crippen molar-refractivity contribution in [2.75, 3.05) is 5.32 Å². The molecule has 0 radical (unpaired) electrons. The first kappa shape index (κ1) is 9.16. The Kier molecular flexibility index (Phi) is 2.78. The number of carboxylic acid groups (broad SMARTS) is 1. The molecular weight excluding hydrogens is 201 g/mol. The van der Waals surface area contributed by atoms with Gasteiger partial charge in [0.1, 0.15) is 0 Å². The van der Waals surface area contributed by atoms with Crippen molar-refractivity contribution in [3.05, 3.63) is 28.2 Å². The molecule has 2 N–H and O–H groups in total. The second-order valence-corrected chi connectivity index (χ2v) is 2.82. The number of hydrogen-bond acceptors (Lipinski definition) is 1. The third-order valence-electron chi connectivity index (χ3n) is 1.19. The number of hydrogen-bond donors (Lipinski definition) is 2. The zero-order chi connectivity index (χ0) is 9.14. The van der Waals surface area contributed by atoms with Crippen molar-refractivity contribution in [1.29, 1.82) is 0 Å². The number of carbonyl (C=O) groups is 1. The van der Waals surface area contributed by atoms with Gasteiger partial charge in [0.2, 0.25) is 0 Å². The maximum atomic E-state index is 10.2. The van der Waals surface area contributed by atoms with Gasteiger partial charge in [-0.2, -0.15) is 0 Å². The molecule has 0 saturated heterocycles. The number of halogens is 2. The first-order valence-electron chi connectivity index (χ1n) is 3.05. The van der Waals surface area contributed by atoms with Gasteiger partial charge in [0.15, 0.2) is 0 Å². The summed E-state index contributed by atoms with van der Waals surface area (Å²) < 4.78 is 0. The van der Waals surface area contributed by atoms with Crippen molar-refractivity contribution in [3.63, 3.8) is 0 Å². The second kappa shape index (κ2) is 3.65. The van der Waals surface area contributed by atoms with E-state index in [0.29, 0.717) is 5.02 Å². The lowest BCUT2D eigenvalue weighted by Gasteiger charge is -2.03. The van der Waals surface area contributed by atoms with Gasteiger partial charge in [-0.05, 0) is 12.1 Å². The van der Waals surface area contributed by atoms with Crippen molar-refractivity contribution in [2.45, 2.75) is 0 Å². The standard InChI is InChI=1S/C7H5Cl2NO2/c8-4-2-1-3-5(6(4)9)10-7(11)12/h1-3,10H,(H,11,12). The molecule has 0 saturated carbocycles. The molecule has 0 fully saturated rings. The molecule has 12 heavy (non-hydrogen) atoms. The van der Waals surface area contributed by atoms with E-state index in [1.54, 1.807) is 12.1 Å². The summed E-state index contributed by atoms with van der Waals surface area (Å²) in [5.41, 5.74) is 0.289. The third-order valence-corrected chi connectivity index (χ3v) is 2.01. The fraction of sp³-hybridized carbons (Fsp3) is 0.